The van der Waals surface area contributed by atoms with E-state index in [1.807, 2.05) is 14.0 Å². The Hall–Kier alpha value is -0.520. The zero-order valence-corrected chi connectivity index (χ0v) is 8.48. The molecule has 1 N–H and O–H groups in total. The largest absolute Gasteiger partial charge is 0.320 e. The van der Waals surface area contributed by atoms with Gasteiger partial charge in [0.25, 0.3) is 0 Å². The molecule has 0 aromatic rings. The smallest absolute Gasteiger partial charge is 0.0216 e. The molecule has 0 saturated carbocycles. The minimum absolute atomic E-state index is 0.993. The Labute approximate surface area is 76.3 Å². The lowest BCUT2D eigenvalue weighted by Crippen LogP contribution is -2.23. The van der Waals surface area contributed by atoms with Gasteiger partial charge in [0, 0.05) is 13.0 Å². The molecular weight excluding hydrogens is 148 g/mol. The van der Waals surface area contributed by atoms with Crippen LogP contribution < -0.4 is 5.32 Å². The van der Waals surface area contributed by atoms with E-state index in [-0.39, 0.29) is 0 Å². The van der Waals surface area contributed by atoms with Crippen molar-refractivity contribution in [2.75, 3.05) is 33.7 Å². The van der Waals surface area contributed by atoms with Gasteiger partial charge in [-0.2, -0.15) is 0 Å². The highest BCUT2D eigenvalue weighted by molar-refractivity contribution is 4.95. The Morgan fingerprint density at radius 1 is 1.33 bits per heavy atom. The summed E-state index contributed by atoms with van der Waals surface area (Å²) in [5.74, 6) is 5.96. The van der Waals surface area contributed by atoms with Crippen LogP contribution in [-0.2, 0) is 0 Å². The second-order valence-corrected chi connectivity index (χ2v) is 2.94. The third-order valence-corrected chi connectivity index (χ3v) is 1.76. The minimum atomic E-state index is 0.993. The summed E-state index contributed by atoms with van der Waals surface area (Å²) < 4.78 is 0. The number of nitrogens with one attached hydrogen (secondary N) is 1. The van der Waals surface area contributed by atoms with E-state index in [9.17, 15) is 0 Å². The molecule has 2 heteroatoms. The van der Waals surface area contributed by atoms with Gasteiger partial charge in [-0.3, -0.25) is 0 Å². The van der Waals surface area contributed by atoms with Gasteiger partial charge < -0.3 is 10.2 Å². The highest BCUT2D eigenvalue weighted by atomic mass is 15.1. The summed E-state index contributed by atoms with van der Waals surface area (Å²) in [4.78, 5) is 2.32. The predicted molar refractivity (Wildman–Crippen MR) is 54.1 cm³/mol. The van der Waals surface area contributed by atoms with E-state index in [1.165, 1.54) is 6.42 Å². The molecule has 70 valence electrons. The molecule has 0 amide bonds. The van der Waals surface area contributed by atoms with Crippen LogP contribution in [0.4, 0.5) is 0 Å². The molecule has 0 radical (unpaired) electrons. The van der Waals surface area contributed by atoms with Crippen molar-refractivity contribution in [3.05, 3.63) is 0 Å². The van der Waals surface area contributed by atoms with Gasteiger partial charge in [-0.15, -0.1) is 11.8 Å². The molecule has 0 fully saturated rings. The monoisotopic (exact) mass is 168 g/mol. The molecule has 0 aliphatic heterocycles. The van der Waals surface area contributed by atoms with Crippen molar-refractivity contribution < 1.29 is 0 Å². The molecule has 0 atom stereocenters. The summed E-state index contributed by atoms with van der Waals surface area (Å²) in [6, 6.07) is 0. The fourth-order valence-corrected chi connectivity index (χ4v) is 1.01. The SMILES string of the molecule is CC#CCCN(C)CCCNC. The Morgan fingerprint density at radius 2 is 2.08 bits per heavy atom. The van der Waals surface area contributed by atoms with E-state index in [1.54, 1.807) is 0 Å². The van der Waals surface area contributed by atoms with Crippen LogP contribution in [0.15, 0.2) is 0 Å². The first-order valence-corrected chi connectivity index (χ1v) is 4.54. The molecule has 0 saturated heterocycles. The van der Waals surface area contributed by atoms with Crippen LogP contribution in [0.5, 0.6) is 0 Å². The zero-order valence-electron chi connectivity index (χ0n) is 8.48. The minimum Gasteiger partial charge on any atom is -0.320 e. The van der Waals surface area contributed by atoms with Crippen molar-refractivity contribution in [2.24, 2.45) is 0 Å². The third kappa shape index (κ3) is 7.59. The van der Waals surface area contributed by atoms with E-state index in [0.29, 0.717) is 0 Å². The lowest BCUT2D eigenvalue weighted by molar-refractivity contribution is 0.336. The van der Waals surface area contributed by atoms with Gasteiger partial charge in [0.05, 0.1) is 0 Å². The van der Waals surface area contributed by atoms with Crippen LogP contribution >= 0.6 is 0 Å². The summed E-state index contributed by atoms with van der Waals surface area (Å²) in [6.45, 7) is 5.24. The fourth-order valence-electron chi connectivity index (χ4n) is 1.01. The fraction of sp³-hybridized carbons (Fsp3) is 0.800. The lowest BCUT2D eigenvalue weighted by Gasteiger charge is -2.14. The maximum atomic E-state index is 3.14. The topological polar surface area (TPSA) is 15.3 Å². The van der Waals surface area contributed by atoms with Crippen molar-refractivity contribution in [1.29, 1.82) is 0 Å². The second-order valence-electron chi connectivity index (χ2n) is 2.94. The Balaban J connectivity index is 3.19. The molecule has 0 aliphatic carbocycles. The van der Waals surface area contributed by atoms with Crippen molar-refractivity contribution in [1.82, 2.24) is 10.2 Å². The molecule has 0 aromatic heterocycles. The van der Waals surface area contributed by atoms with Gasteiger partial charge in [-0.05, 0) is 40.5 Å². The summed E-state index contributed by atoms with van der Waals surface area (Å²) in [5, 5.41) is 3.14. The standard InChI is InChI=1S/C10H20N2/c1-4-5-6-9-12(3)10-7-8-11-2/h11H,6-10H2,1-3H3. The molecule has 2 nitrogen and oxygen atoms in total. The van der Waals surface area contributed by atoms with Crippen LogP contribution in [-0.4, -0.2) is 38.6 Å². The van der Waals surface area contributed by atoms with Crippen LogP contribution in [0.3, 0.4) is 0 Å². The highest BCUT2D eigenvalue weighted by Crippen LogP contribution is 1.88. The van der Waals surface area contributed by atoms with Crippen LogP contribution in [0, 0.1) is 11.8 Å². The number of hydrogen-bond acceptors (Lipinski definition) is 2. The van der Waals surface area contributed by atoms with E-state index >= 15 is 0 Å². The molecule has 0 unspecified atom stereocenters. The second kappa shape index (κ2) is 8.58. The summed E-state index contributed by atoms with van der Waals surface area (Å²) in [7, 11) is 4.13. The third-order valence-electron chi connectivity index (χ3n) is 1.76. The van der Waals surface area contributed by atoms with Gasteiger partial charge in [-0.1, -0.05) is 0 Å². The van der Waals surface area contributed by atoms with Gasteiger partial charge in [0.15, 0.2) is 0 Å². The van der Waals surface area contributed by atoms with Crippen molar-refractivity contribution in [3.8, 4) is 11.8 Å². The average molecular weight is 168 g/mol. The van der Waals surface area contributed by atoms with E-state index < -0.39 is 0 Å². The first-order valence-electron chi connectivity index (χ1n) is 4.54. The normalized spacial score (nSPS) is 9.67. The van der Waals surface area contributed by atoms with Crippen LogP contribution in [0.1, 0.15) is 19.8 Å². The first-order chi connectivity index (χ1) is 5.81. The van der Waals surface area contributed by atoms with Crippen molar-refractivity contribution in [2.45, 2.75) is 19.8 Å². The van der Waals surface area contributed by atoms with Crippen molar-refractivity contribution >= 4 is 0 Å². The lowest BCUT2D eigenvalue weighted by atomic mass is 10.3. The molecular formula is C10H20N2. The Bertz CT molecular complexity index is 144. The van der Waals surface area contributed by atoms with E-state index in [2.05, 4.69) is 29.1 Å². The van der Waals surface area contributed by atoms with Gasteiger partial charge in [0.2, 0.25) is 0 Å². The Morgan fingerprint density at radius 3 is 2.67 bits per heavy atom. The van der Waals surface area contributed by atoms with E-state index in [4.69, 9.17) is 0 Å². The zero-order chi connectivity index (χ0) is 9.23. The first kappa shape index (κ1) is 11.5. The van der Waals surface area contributed by atoms with E-state index in [0.717, 1.165) is 26.1 Å². The molecule has 0 spiro atoms. The maximum absolute atomic E-state index is 3.14. The van der Waals surface area contributed by atoms with Gasteiger partial charge in [-0.25, -0.2) is 0 Å². The number of hydrogen-bond donors (Lipinski definition) is 1. The quantitative estimate of drug-likeness (QED) is 0.469. The number of rotatable bonds is 6. The molecule has 0 bridgehead atoms. The van der Waals surface area contributed by atoms with Gasteiger partial charge >= 0.3 is 0 Å². The predicted octanol–water partition coefficient (Wildman–Crippen LogP) is 0.941. The molecule has 12 heavy (non-hydrogen) atoms. The Kier molecular flexibility index (Phi) is 8.20. The van der Waals surface area contributed by atoms with Crippen LogP contribution in [0.2, 0.25) is 0 Å². The van der Waals surface area contributed by atoms with Crippen LogP contribution in [0.25, 0.3) is 0 Å². The van der Waals surface area contributed by atoms with Gasteiger partial charge in [0.1, 0.15) is 0 Å². The average Bonchev–Trinajstić information content (AvgIpc) is 2.06. The summed E-state index contributed by atoms with van der Waals surface area (Å²) in [6.07, 6.45) is 2.21. The summed E-state index contributed by atoms with van der Waals surface area (Å²) in [5.41, 5.74) is 0. The molecule has 0 aromatic carbocycles. The molecule has 0 aliphatic rings. The van der Waals surface area contributed by atoms with Crippen molar-refractivity contribution in [3.63, 3.8) is 0 Å². The maximum Gasteiger partial charge on any atom is 0.0216 e. The number of nitrogens with zero attached hydrogens (tertiary/aromatic N) is 1. The summed E-state index contributed by atoms with van der Waals surface area (Å²) >= 11 is 0. The molecule has 0 rings (SSSR count). The molecule has 0 heterocycles. The highest BCUT2D eigenvalue weighted by Gasteiger charge is 1.94.